The van der Waals surface area contributed by atoms with E-state index in [2.05, 4.69) is 5.16 Å². The van der Waals surface area contributed by atoms with Gasteiger partial charge in [0.1, 0.15) is 5.75 Å². The molecule has 0 radical (unpaired) electrons. The van der Waals surface area contributed by atoms with Gasteiger partial charge in [0.25, 0.3) is 11.4 Å². The van der Waals surface area contributed by atoms with Gasteiger partial charge in [-0.1, -0.05) is 35.5 Å². The SMILES string of the molecule is CC(=NOC(=O)c1cc([N+](=O)[O-])cc([N+](=O)[O-])c1)c1ccc2ccccc2c1O. The van der Waals surface area contributed by atoms with Crippen molar-refractivity contribution < 1.29 is 24.6 Å². The molecule has 0 aliphatic heterocycles. The van der Waals surface area contributed by atoms with Gasteiger partial charge < -0.3 is 9.94 Å². The maximum Gasteiger partial charge on any atom is 0.366 e. The Kier molecular flexibility index (Phi) is 5.17. The van der Waals surface area contributed by atoms with Crippen LogP contribution in [0.1, 0.15) is 22.8 Å². The van der Waals surface area contributed by atoms with Gasteiger partial charge in [-0.15, -0.1) is 0 Å². The first-order valence-electron chi connectivity index (χ1n) is 8.19. The summed E-state index contributed by atoms with van der Waals surface area (Å²) in [5.41, 5.74) is -1.16. The average molecular weight is 395 g/mol. The van der Waals surface area contributed by atoms with E-state index >= 15 is 0 Å². The minimum absolute atomic E-state index is 0.0496. The number of benzene rings is 3. The van der Waals surface area contributed by atoms with Crippen molar-refractivity contribution in [3.8, 4) is 5.75 Å². The second-order valence-corrected chi connectivity index (χ2v) is 5.99. The largest absolute Gasteiger partial charge is 0.507 e. The van der Waals surface area contributed by atoms with Crippen molar-refractivity contribution in [1.82, 2.24) is 0 Å². The molecule has 0 saturated heterocycles. The van der Waals surface area contributed by atoms with Crippen LogP contribution in [0.25, 0.3) is 10.8 Å². The standard InChI is InChI=1S/C19H13N3O7/c1-11(16-7-6-12-4-2-3-5-17(12)18(16)23)20-29-19(24)13-8-14(21(25)26)10-15(9-13)22(27)28/h2-10,23H,1H3. The first-order valence-corrected chi connectivity index (χ1v) is 8.19. The number of carbonyl (C=O) groups is 1. The molecule has 0 fully saturated rings. The summed E-state index contributed by atoms with van der Waals surface area (Å²) in [6, 6.07) is 12.9. The molecule has 0 bridgehead atoms. The van der Waals surface area contributed by atoms with Crippen molar-refractivity contribution >= 4 is 33.8 Å². The van der Waals surface area contributed by atoms with Gasteiger partial charge in [-0.3, -0.25) is 20.2 Å². The molecule has 29 heavy (non-hydrogen) atoms. The van der Waals surface area contributed by atoms with Crippen molar-refractivity contribution in [2.24, 2.45) is 5.16 Å². The highest BCUT2D eigenvalue weighted by atomic mass is 16.7. The average Bonchev–Trinajstić information content (AvgIpc) is 2.71. The van der Waals surface area contributed by atoms with E-state index < -0.39 is 32.8 Å². The number of hydrogen-bond donors (Lipinski definition) is 1. The lowest BCUT2D eigenvalue weighted by atomic mass is 10.0. The Bertz CT molecular complexity index is 1160. The molecular weight excluding hydrogens is 382 g/mol. The first-order chi connectivity index (χ1) is 13.8. The van der Waals surface area contributed by atoms with E-state index in [4.69, 9.17) is 4.84 Å². The number of nitro groups is 2. The number of rotatable bonds is 5. The summed E-state index contributed by atoms with van der Waals surface area (Å²) in [6.45, 7) is 1.49. The van der Waals surface area contributed by atoms with Crippen LogP contribution in [0, 0.1) is 20.2 Å². The van der Waals surface area contributed by atoms with E-state index in [1.165, 1.54) is 6.92 Å². The molecule has 146 valence electrons. The number of phenolic OH excluding ortho intramolecular Hbond substituents is 1. The molecule has 3 rings (SSSR count). The fourth-order valence-corrected chi connectivity index (χ4v) is 2.68. The number of phenols is 1. The minimum Gasteiger partial charge on any atom is -0.507 e. The van der Waals surface area contributed by atoms with Crippen LogP contribution in [0.3, 0.4) is 0 Å². The second kappa shape index (κ2) is 7.72. The summed E-state index contributed by atoms with van der Waals surface area (Å²) < 4.78 is 0. The molecule has 3 aromatic rings. The lowest BCUT2D eigenvalue weighted by molar-refractivity contribution is -0.394. The Hall–Kier alpha value is -4.34. The predicted octanol–water partition coefficient (Wildman–Crippen LogP) is 3.94. The molecule has 0 aliphatic rings. The van der Waals surface area contributed by atoms with Crippen molar-refractivity contribution in [1.29, 1.82) is 0 Å². The molecule has 0 heterocycles. The van der Waals surface area contributed by atoms with Crippen LogP contribution in [0.4, 0.5) is 11.4 Å². The summed E-state index contributed by atoms with van der Waals surface area (Å²) in [6.07, 6.45) is 0. The zero-order valence-electron chi connectivity index (χ0n) is 14.9. The quantitative estimate of drug-likeness (QED) is 0.298. The zero-order chi connectivity index (χ0) is 21.1. The Balaban J connectivity index is 1.90. The molecule has 10 nitrogen and oxygen atoms in total. The molecule has 0 unspecified atom stereocenters. The third kappa shape index (κ3) is 4.00. The van der Waals surface area contributed by atoms with Crippen molar-refractivity contribution in [3.05, 3.63) is 86.0 Å². The lowest BCUT2D eigenvalue weighted by Crippen LogP contribution is -2.06. The smallest absolute Gasteiger partial charge is 0.366 e. The van der Waals surface area contributed by atoms with Gasteiger partial charge in [-0.25, -0.2) is 4.79 Å². The Morgan fingerprint density at radius 2 is 1.62 bits per heavy atom. The third-order valence-electron chi connectivity index (χ3n) is 4.12. The van der Waals surface area contributed by atoms with E-state index in [0.717, 1.165) is 23.6 Å². The van der Waals surface area contributed by atoms with Crippen LogP contribution in [0.5, 0.6) is 5.75 Å². The molecule has 0 spiro atoms. The summed E-state index contributed by atoms with van der Waals surface area (Å²) in [4.78, 5) is 37.1. The van der Waals surface area contributed by atoms with Crippen LogP contribution in [0.15, 0.2) is 59.8 Å². The third-order valence-corrected chi connectivity index (χ3v) is 4.12. The number of fused-ring (bicyclic) bond motifs is 1. The molecule has 0 aliphatic carbocycles. The van der Waals surface area contributed by atoms with Crippen LogP contribution in [-0.2, 0) is 4.84 Å². The van der Waals surface area contributed by atoms with Crippen LogP contribution >= 0.6 is 0 Å². The molecule has 3 aromatic carbocycles. The highest BCUT2D eigenvalue weighted by Crippen LogP contribution is 2.29. The van der Waals surface area contributed by atoms with E-state index in [1.54, 1.807) is 24.3 Å². The molecule has 0 aromatic heterocycles. The highest BCUT2D eigenvalue weighted by molar-refractivity contribution is 6.06. The summed E-state index contributed by atoms with van der Waals surface area (Å²) in [7, 11) is 0. The number of carbonyl (C=O) groups excluding carboxylic acids is 1. The molecule has 1 N–H and O–H groups in total. The summed E-state index contributed by atoms with van der Waals surface area (Å²) in [5, 5.41) is 37.3. The van der Waals surface area contributed by atoms with Crippen LogP contribution < -0.4 is 0 Å². The molecule has 0 saturated carbocycles. The highest BCUT2D eigenvalue weighted by Gasteiger charge is 2.21. The summed E-state index contributed by atoms with van der Waals surface area (Å²) in [5.74, 6) is -1.16. The fraction of sp³-hybridized carbons (Fsp3) is 0.0526. The van der Waals surface area contributed by atoms with Gasteiger partial charge in [0.15, 0.2) is 0 Å². The molecule has 10 heteroatoms. The van der Waals surface area contributed by atoms with Crippen molar-refractivity contribution in [2.45, 2.75) is 6.92 Å². The second-order valence-electron chi connectivity index (χ2n) is 5.99. The molecule has 0 amide bonds. The lowest BCUT2D eigenvalue weighted by Gasteiger charge is -2.07. The van der Waals surface area contributed by atoms with Gasteiger partial charge in [0.2, 0.25) is 0 Å². The van der Waals surface area contributed by atoms with Crippen molar-refractivity contribution in [3.63, 3.8) is 0 Å². The van der Waals surface area contributed by atoms with E-state index in [9.17, 15) is 30.1 Å². The number of hydrogen-bond acceptors (Lipinski definition) is 8. The Morgan fingerprint density at radius 1 is 1.00 bits per heavy atom. The fourth-order valence-electron chi connectivity index (χ4n) is 2.68. The number of aromatic hydroxyl groups is 1. The van der Waals surface area contributed by atoms with Crippen molar-refractivity contribution in [2.75, 3.05) is 0 Å². The predicted molar refractivity (Wildman–Crippen MR) is 103 cm³/mol. The zero-order valence-corrected chi connectivity index (χ0v) is 14.9. The van der Waals surface area contributed by atoms with E-state index in [0.29, 0.717) is 10.9 Å². The molecular formula is C19H13N3O7. The van der Waals surface area contributed by atoms with Gasteiger partial charge in [0, 0.05) is 23.1 Å². The molecule has 0 atom stereocenters. The minimum atomic E-state index is -1.11. The maximum atomic E-state index is 12.2. The first kappa shape index (κ1) is 19.4. The number of nitrogens with zero attached hydrogens (tertiary/aromatic N) is 3. The number of oxime groups is 1. The Morgan fingerprint density at radius 3 is 2.24 bits per heavy atom. The Labute approximate surface area is 162 Å². The van der Waals surface area contributed by atoms with Gasteiger partial charge in [0.05, 0.1) is 27.2 Å². The van der Waals surface area contributed by atoms with E-state index in [-0.39, 0.29) is 11.5 Å². The van der Waals surface area contributed by atoms with Gasteiger partial charge >= 0.3 is 5.97 Å². The number of nitro benzene ring substituents is 2. The summed E-state index contributed by atoms with van der Waals surface area (Å²) >= 11 is 0. The normalized spacial score (nSPS) is 11.3. The number of non-ortho nitro benzene ring substituents is 2. The van der Waals surface area contributed by atoms with Crippen LogP contribution in [-0.4, -0.2) is 26.6 Å². The van der Waals surface area contributed by atoms with Crippen LogP contribution in [0.2, 0.25) is 0 Å². The monoisotopic (exact) mass is 395 g/mol. The maximum absolute atomic E-state index is 12.2. The van der Waals surface area contributed by atoms with Gasteiger partial charge in [-0.2, -0.15) is 0 Å². The van der Waals surface area contributed by atoms with E-state index in [1.807, 2.05) is 12.1 Å². The topological polar surface area (TPSA) is 145 Å². The van der Waals surface area contributed by atoms with Gasteiger partial charge in [-0.05, 0) is 18.4 Å².